The Morgan fingerprint density at radius 1 is 1.39 bits per heavy atom. The Labute approximate surface area is 134 Å². The van der Waals surface area contributed by atoms with Gasteiger partial charge in [-0.2, -0.15) is 0 Å². The Morgan fingerprint density at radius 3 is 2.96 bits per heavy atom. The molecule has 1 unspecified atom stereocenters. The van der Waals surface area contributed by atoms with Gasteiger partial charge in [-0.1, -0.05) is 11.6 Å². The van der Waals surface area contributed by atoms with Gasteiger partial charge in [0.25, 0.3) is 0 Å². The van der Waals surface area contributed by atoms with Crippen LogP contribution in [0.4, 0.5) is 14.9 Å². The predicted molar refractivity (Wildman–Crippen MR) is 87.4 cm³/mol. The third kappa shape index (κ3) is 3.44. The van der Waals surface area contributed by atoms with Crippen molar-refractivity contribution in [3.8, 4) is 5.69 Å². The summed E-state index contributed by atoms with van der Waals surface area (Å²) in [4.78, 5) is 13.7. The fourth-order valence-electron chi connectivity index (χ4n) is 2.63. The highest BCUT2D eigenvalue weighted by Gasteiger charge is 2.32. The molecule has 2 heterocycles. The molecule has 0 saturated carbocycles. The molecule has 1 saturated heterocycles. The number of anilines is 1. The van der Waals surface area contributed by atoms with Crippen LogP contribution in [0.2, 0.25) is 0 Å². The number of allylic oxidation sites excluding steroid dienone is 1. The van der Waals surface area contributed by atoms with E-state index in [9.17, 15) is 9.18 Å². The molecule has 23 heavy (non-hydrogen) atoms. The first-order chi connectivity index (χ1) is 11.0. The van der Waals surface area contributed by atoms with Crippen LogP contribution in [0.15, 0.2) is 54.9 Å². The number of rotatable bonds is 5. The number of halogens is 1. The van der Waals surface area contributed by atoms with Crippen LogP contribution in [0.5, 0.6) is 0 Å². The monoisotopic (exact) mass is 314 g/mol. The lowest BCUT2D eigenvalue weighted by atomic mass is 10.1. The second-order valence-electron chi connectivity index (χ2n) is 5.87. The lowest BCUT2D eigenvalue weighted by molar-refractivity contribution is 0.137. The van der Waals surface area contributed by atoms with Crippen LogP contribution in [-0.4, -0.2) is 23.3 Å². The van der Waals surface area contributed by atoms with Crippen molar-refractivity contribution in [2.45, 2.75) is 25.9 Å². The molecule has 1 atom stereocenters. The summed E-state index contributed by atoms with van der Waals surface area (Å²) in [6.45, 7) is 6.36. The summed E-state index contributed by atoms with van der Waals surface area (Å²) in [5, 5.41) is 0. The van der Waals surface area contributed by atoms with Crippen molar-refractivity contribution in [1.29, 1.82) is 0 Å². The van der Waals surface area contributed by atoms with Gasteiger partial charge in [-0.3, -0.25) is 4.90 Å². The molecule has 2 aromatic rings. The van der Waals surface area contributed by atoms with Gasteiger partial charge in [-0.05, 0) is 44.0 Å². The van der Waals surface area contributed by atoms with Crippen LogP contribution < -0.4 is 4.90 Å². The number of cyclic esters (lactones) is 1. The van der Waals surface area contributed by atoms with Crippen LogP contribution >= 0.6 is 0 Å². The Hall–Kier alpha value is -2.56. The van der Waals surface area contributed by atoms with Gasteiger partial charge in [-0.25, -0.2) is 9.18 Å². The molecule has 1 fully saturated rings. The number of aromatic nitrogens is 1. The standard InChI is InChI=1S/C18H19FN2O2/c1-13(2)6-7-17-12-21(18(22)23-17)16-8-9-20(11-16)15-5-3-4-14(19)10-15/h3-5,8-11,17H,1,6-7,12H2,2H3. The molecule has 5 heteroatoms. The molecular weight excluding hydrogens is 295 g/mol. The minimum absolute atomic E-state index is 0.114. The van der Waals surface area contributed by atoms with Crippen molar-refractivity contribution in [1.82, 2.24) is 4.57 Å². The van der Waals surface area contributed by atoms with Gasteiger partial charge in [0.05, 0.1) is 12.2 Å². The summed E-state index contributed by atoms with van der Waals surface area (Å²) in [6, 6.07) is 8.14. The highest BCUT2D eigenvalue weighted by Crippen LogP contribution is 2.25. The lowest BCUT2D eigenvalue weighted by Gasteiger charge is -2.10. The van der Waals surface area contributed by atoms with Crippen LogP contribution in [0.1, 0.15) is 19.8 Å². The van der Waals surface area contributed by atoms with Gasteiger partial charge in [-0.15, -0.1) is 6.58 Å². The molecule has 3 rings (SSSR count). The van der Waals surface area contributed by atoms with Crippen molar-refractivity contribution in [2.75, 3.05) is 11.4 Å². The maximum absolute atomic E-state index is 13.3. The Balaban J connectivity index is 1.73. The fraction of sp³-hybridized carbons (Fsp3) is 0.278. The molecule has 0 bridgehead atoms. The summed E-state index contributed by atoms with van der Waals surface area (Å²) in [6.07, 6.45) is 4.78. The Kier molecular flexibility index (Phi) is 4.19. The first-order valence-electron chi connectivity index (χ1n) is 7.59. The molecule has 0 aliphatic carbocycles. The average molecular weight is 314 g/mol. The van der Waals surface area contributed by atoms with Crippen molar-refractivity contribution in [2.24, 2.45) is 0 Å². The van der Waals surface area contributed by atoms with E-state index in [2.05, 4.69) is 6.58 Å². The lowest BCUT2D eigenvalue weighted by Crippen LogP contribution is -2.24. The summed E-state index contributed by atoms with van der Waals surface area (Å²) < 4.78 is 20.5. The van der Waals surface area contributed by atoms with Gasteiger partial charge < -0.3 is 9.30 Å². The molecule has 0 spiro atoms. The SMILES string of the molecule is C=C(C)CCC1CN(c2ccn(-c3cccc(F)c3)c2)C(=O)O1. The van der Waals surface area contributed by atoms with E-state index in [0.717, 1.165) is 24.1 Å². The number of nitrogens with zero attached hydrogens (tertiary/aromatic N) is 2. The van der Waals surface area contributed by atoms with Crippen LogP contribution in [-0.2, 0) is 4.74 Å². The minimum Gasteiger partial charge on any atom is -0.444 e. The van der Waals surface area contributed by atoms with E-state index >= 15 is 0 Å². The van der Waals surface area contributed by atoms with E-state index in [0.29, 0.717) is 12.2 Å². The molecule has 120 valence electrons. The molecule has 0 N–H and O–H groups in total. The molecule has 0 radical (unpaired) electrons. The number of amides is 1. The zero-order chi connectivity index (χ0) is 16.4. The third-order valence-corrected chi connectivity index (χ3v) is 3.86. The zero-order valence-electron chi connectivity index (χ0n) is 13.0. The highest BCUT2D eigenvalue weighted by atomic mass is 19.1. The van der Waals surface area contributed by atoms with E-state index in [-0.39, 0.29) is 18.0 Å². The quantitative estimate of drug-likeness (QED) is 0.771. The van der Waals surface area contributed by atoms with Crippen molar-refractivity contribution in [3.63, 3.8) is 0 Å². The molecule has 1 aliphatic rings. The number of carbonyl (C=O) groups is 1. The summed E-state index contributed by atoms with van der Waals surface area (Å²) in [5.41, 5.74) is 2.54. The van der Waals surface area contributed by atoms with Gasteiger partial charge in [0.15, 0.2) is 0 Å². The number of ether oxygens (including phenoxy) is 1. The number of hydrogen-bond acceptors (Lipinski definition) is 2. The van der Waals surface area contributed by atoms with Crippen LogP contribution in [0.3, 0.4) is 0 Å². The molecular formula is C18H19FN2O2. The Morgan fingerprint density at radius 2 is 2.22 bits per heavy atom. The fourth-order valence-corrected chi connectivity index (χ4v) is 2.63. The summed E-state index contributed by atoms with van der Waals surface area (Å²) in [7, 11) is 0. The average Bonchev–Trinajstić information content (AvgIpc) is 3.11. The minimum atomic E-state index is -0.339. The van der Waals surface area contributed by atoms with Crippen LogP contribution in [0, 0.1) is 5.82 Å². The number of benzene rings is 1. The van der Waals surface area contributed by atoms with Crippen molar-refractivity contribution >= 4 is 11.8 Å². The predicted octanol–water partition coefficient (Wildman–Crippen LogP) is 4.30. The smallest absolute Gasteiger partial charge is 0.414 e. The largest absolute Gasteiger partial charge is 0.444 e. The van der Waals surface area contributed by atoms with Gasteiger partial charge in [0.2, 0.25) is 0 Å². The molecule has 1 aromatic carbocycles. The maximum atomic E-state index is 13.3. The van der Waals surface area contributed by atoms with Gasteiger partial charge in [0.1, 0.15) is 11.9 Å². The second-order valence-corrected chi connectivity index (χ2v) is 5.87. The molecule has 1 aromatic heterocycles. The van der Waals surface area contributed by atoms with Gasteiger partial charge in [0, 0.05) is 18.1 Å². The van der Waals surface area contributed by atoms with E-state index in [1.165, 1.54) is 12.1 Å². The van der Waals surface area contributed by atoms with Crippen LogP contribution in [0.25, 0.3) is 5.69 Å². The topological polar surface area (TPSA) is 34.5 Å². The van der Waals surface area contributed by atoms with E-state index < -0.39 is 0 Å². The summed E-state index contributed by atoms with van der Waals surface area (Å²) >= 11 is 0. The van der Waals surface area contributed by atoms with E-state index in [1.807, 2.05) is 19.1 Å². The van der Waals surface area contributed by atoms with E-state index in [4.69, 9.17) is 4.74 Å². The number of hydrogen-bond donors (Lipinski definition) is 0. The highest BCUT2D eigenvalue weighted by molar-refractivity contribution is 5.89. The molecule has 1 aliphatic heterocycles. The Bertz CT molecular complexity index is 738. The normalized spacial score (nSPS) is 17.4. The molecule has 4 nitrogen and oxygen atoms in total. The van der Waals surface area contributed by atoms with Crippen molar-refractivity contribution in [3.05, 3.63) is 60.7 Å². The zero-order valence-corrected chi connectivity index (χ0v) is 13.0. The van der Waals surface area contributed by atoms with E-state index in [1.54, 1.807) is 27.9 Å². The van der Waals surface area contributed by atoms with Crippen molar-refractivity contribution < 1.29 is 13.9 Å². The summed E-state index contributed by atoms with van der Waals surface area (Å²) in [5.74, 6) is -0.293. The van der Waals surface area contributed by atoms with Gasteiger partial charge >= 0.3 is 6.09 Å². The number of carbonyl (C=O) groups excluding carboxylic acids is 1. The molecule has 1 amide bonds. The third-order valence-electron chi connectivity index (χ3n) is 3.86. The second kappa shape index (κ2) is 6.28. The first-order valence-corrected chi connectivity index (χ1v) is 7.59. The first kappa shape index (κ1) is 15.3. The maximum Gasteiger partial charge on any atom is 0.414 e.